The van der Waals surface area contributed by atoms with Gasteiger partial charge in [-0.05, 0) is 37.3 Å². The molecule has 1 aliphatic rings. The van der Waals surface area contributed by atoms with Crippen molar-refractivity contribution in [3.8, 4) is 0 Å². The van der Waals surface area contributed by atoms with E-state index in [9.17, 15) is 4.79 Å². The number of carbonyl (C=O) groups is 1. The van der Waals surface area contributed by atoms with E-state index in [1.165, 1.54) is 0 Å². The molecule has 0 atom stereocenters. The van der Waals surface area contributed by atoms with Gasteiger partial charge in [0.05, 0.1) is 0 Å². The lowest BCUT2D eigenvalue weighted by Crippen LogP contribution is -2.39. The monoisotopic (exact) mass is 325 g/mol. The van der Waals surface area contributed by atoms with E-state index in [1.807, 2.05) is 42.3 Å². The minimum Gasteiger partial charge on any atom is -0.339 e. The molecule has 4 heteroatoms. The van der Waals surface area contributed by atoms with Gasteiger partial charge in [0.15, 0.2) is 0 Å². The molecule has 0 unspecified atom stereocenters. The molecular weight excluding hydrogens is 298 g/mol. The first-order valence-corrected chi connectivity index (χ1v) is 8.92. The maximum Gasteiger partial charge on any atom is 0.254 e. The van der Waals surface area contributed by atoms with Crippen LogP contribution in [0.25, 0.3) is 0 Å². The van der Waals surface area contributed by atoms with Crippen molar-refractivity contribution in [3.63, 3.8) is 0 Å². The van der Waals surface area contributed by atoms with E-state index in [0.29, 0.717) is 11.8 Å². The van der Waals surface area contributed by atoms with Crippen LogP contribution in [0.1, 0.15) is 54.4 Å². The summed E-state index contributed by atoms with van der Waals surface area (Å²) in [4.78, 5) is 19.2. The Bertz CT molecular complexity index is 696. The molecule has 128 valence electrons. The van der Waals surface area contributed by atoms with Crippen LogP contribution in [0, 0.1) is 12.8 Å². The molecule has 0 bridgehead atoms. The highest BCUT2D eigenvalue weighted by molar-refractivity contribution is 5.95. The number of likely N-dealkylation sites (tertiary alicyclic amines) is 1. The van der Waals surface area contributed by atoms with Crippen molar-refractivity contribution in [2.45, 2.75) is 46.1 Å². The van der Waals surface area contributed by atoms with Crippen LogP contribution < -0.4 is 0 Å². The fourth-order valence-corrected chi connectivity index (χ4v) is 3.56. The van der Waals surface area contributed by atoms with Gasteiger partial charge >= 0.3 is 0 Å². The van der Waals surface area contributed by atoms with Gasteiger partial charge in [-0.3, -0.25) is 4.79 Å². The maximum atomic E-state index is 12.7. The summed E-state index contributed by atoms with van der Waals surface area (Å²) in [7, 11) is 0. The molecule has 0 N–H and O–H groups in total. The molecular formula is C20H27N3O. The molecule has 24 heavy (non-hydrogen) atoms. The summed E-state index contributed by atoms with van der Waals surface area (Å²) >= 11 is 0. The highest BCUT2D eigenvalue weighted by Gasteiger charge is 2.25. The Morgan fingerprint density at radius 3 is 2.62 bits per heavy atom. The Labute approximate surface area is 144 Å². The van der Waals surface area contributed by atoms with Crippen molar-refractivity contribution in [1.82, 2.24) is 14.5 Å². The maximum absolute atomic E-state index is 12.7. The van der Waals surface area contributed by atoms with Crippen molar-refractivity contribution in [1.29, 1.82) is 0 Å². The first kappa shape index (κ1) is 16.7. The van der Waals surface area contributed by atoms with Crippen LogP contribution in [0.3, 0.4) is 0 Å². The predicted molar refractivity (Wildman–Crippen MR) is 96.1 cm³/mol. The van der Waals surface area contributed by atoms with Gasteiger partial charge in [0, 0.05) is 43.5 Å². The average molecular weight is 325 g/mol. The third-order valence-electron chi connectivity index (χ3n) is 5.00. The lowest BCUT2D eigenvalue weighted by atomic mass is 9.95. The molecule has 1 aromatic heterocycles. The number of hydrogen-bond acceptors (Lipinski definition) is 2. The zero-order valence-corrected chi connectivity index (χ0v) is 14.9. The number of amides is 1. The van der Waals surface area contributed by atoms with Gasteiger partial charge in [0.1, 0.15) is 5.82 Å². The molecule has 1 amide bonds. The molecule has 1 saturated heterocycles. The van der Waals surface area contributed by atoms with Crippen molar-refractivity contribution in [2.24, 2.45) is 5.92 Å². The zero-order valence-electron chi connectivity index (χ0n) is 14.9. The van der Waals surface area contributed by atoms with Gasteiger partial charge in [-0.15, -0.1) is 0 Å². The van der Waals surface area contributed by atoms with E-state index in [0.717, 1.165) is 49.4 Å². The van der Waals surface area contributed by atoms with Crippen LogP contribution in [-0.2, 0) is 6.54 Å². The Kier molecular flexibility index (Phi) is 5.03. The number of benzene rings is 1. The molecule has 1 fully saturated rings. The smallest absolute Gasteiger partial charge is 0.254 e. The van der Waals surface area contributed by atoms with E-state index in [2.05, 4.69) is 29.6 Å². The third kappa shape index (κ3) is 3.53. The van der Waals surface area contributed by atoms with Crippen LogP contribution in [0.2, 0.25) is 0 Å². The van der Waals surface area contributed by atoms with Gasteiger partial charge in [-0.1, -0.05) is 32.0 Å². The standard InChI is InChI=1S/C20H27N3O/c1-15(2)19-21-10-13-23(19)14-17-8-11-22(12-9-17)20(24)18-7-5-4-6-16(18)3/h4-7,10,13,15,17H,8-9,11-12,14H2,1-3H3. The first-order valence-electron chi connectivity index (χ1n) is 8.92. The van der Waals surface area contributed by atoms with Crippen LogP contribution in [-0.4, -0.2) is 33.4 Å². The summed E-state index contributed by atoms with van der Waals surface area (Å²) < 4.78 is 2.29. The molecule has 4 nitrogen and oxygen atoms in total. The van der Waals surface area contributed by atoms with Gasteiger partial charge in [-0.25, -0.2) is 4.98 Å². The fraction of sp³-hybridized carbons (Fsp3) is 0.500. The summed E-state index contributed by atoms with van der Waals surface area (Å²) in [6, 6.07) is 7.87. The molecule has 1 aromatic carbocycles. The Morgan fingerprint density at radius 1 is 1.25 bits per heavy atom. The van der Waals surface area contributed by atoms with E-state index in [4.69, 9.17) is 0 Å². The quantitative estimate of drug-likeness (QED) is 0.856. The molecule has 3 rings (SSSR count). The minimum absolute atomic E-state index is 0.178. The summed E-state index contributed by atoms with van der Waals surface area (Å²) in [5, 5.41) is 0. The SMILES string of the molecule is Cc1ccccc1C(=O)N1CCC(Cn2ccnc2C(C)C)CC1. The second-order valence-electron chi connectivity index (χ2n) is 7.14. The van der Waals surface area contributed by atoms with E-state index < -0.39 is 0 Å². The molecule has 1 aliphatic heterocycles. The van der Waals surface area contributed by atoms with Gasteiger partial charge in [0.2, 0.25) is 0 Å². The Balaban J connectivity index is 1.59. The lowest BCUT2D eigenvalue weighted by Gasteiger charge is -2.33. The summed E-state index contributed by atoms with van der Waals surface area (Å²) in [5.74, 6) is 2.41. The van der Waals surface area contributed by atoms with E-state index in [1.54, 1.807) is 0 Å². The topological polar surface area (TPSA) is 38.1 Å². The van der Waals surface area contributed by atoms with Crippen molar-refractivity contribution in [3.05, 3.63) is 53.6 Å². The highest BCUT2D eigenvalue weighted by Crippen LogP contribution is 2.23. The molecule has 0 saturated carbocycles. The molecule has 2 heterocycles. The number of carbonyl (C=O) groups excluding carboxylic acids is 1. The molecule has 0 radical (unpaired) electrons. The number of imidazole rings is 1. The second kappa shape index (κ2) is 7.20. The van der Waals surface area contributed by atoms with E-state index in [-0.39, 0.29) is 5.91 Å². The number of aromatic nitrogens is 2. The third-order valence-corrected chi connectivity index (χ3v) is 5.00. The average Bonchev–Trinajstić information content (AvgIpc) is 3.04. The van der Waals surface area contributed by atoms with Gasteiger partial charge in [0.25, 0.3) is 5.91 Å². The van der Waals surface area contributed by atoms with Crippen LogP contribution in [0.5, 0.6) is 0 Å². The normalized spacial score (nSPS) is 15.9. The number of nitrogens with zero attached hydrogens (tertiary/aromatic N) is 3. The van der Waals surface area contributed by atoms with Crippen molar-refractivity contribution >= 4 is 5.91 Å². The Hall–Kier alpha value is -2.10. The largest absolute Gasteiger partial charge is 0.339 e. The summed E-state index contributed by atoms with van der Waals surface area (Å²) in [6.45, 7) is 9.09. The second-order valence-corrected chi connectivity index (χ2v) is 7.14. The summed E-state index contributed by atoms with van der Waals surface area (Å²) in [6.07, 6.45) is 6.10. The summed E-state index contributed by atoms with van der Waals surface area (Å²) in [5.41, 5.74) is 1.90. The predicted octanol–water partition coefficient (Wildman–Crippen LogP) is 3.87. The van der Waals surface area contributed by atoms with Crippen molar-refractivity contribution < 1.29 is 4.79 Å². The minimum atomic E-state index is 0.178. The van der Waals surface area contributed by atoms with Gasteiger partial charge < -0.3 is 9.47 Å². The molecule has 2 aromatic rings. The van der Waals surface area contributed by atoms with Crippen LogP contribution in [0.4, 0.5) is 0 Å². The molecule has 0 spiro atoms. The number of piperidine rings is 1. The number of hydrogen-bond donors (Lipinski definition) is 0. The zero-order chi connectivity index (χ0) is 17.1. The van der Waals surface area contributed by atoms with Gasteiger partial charge in [-0.2, -0.15) is 0 Å². The van der Waals surface area contributed by atoms with E-state index >= 15 is 0 Å². The molecule has 0 aliphatic carbocycles. The Morgan fingerprint density at radius 2 is 1.96 bits per heavy atom. The van der Waals surface area contributed by atoms with Crippen molar-refractivity contribution in [2.75, 3.05) is 13.1 Å². The fourth-order valence-electron chi connectivity index (χ4n) is 3.56. The lowest BCUT2D eigenvalue weighted by molar-refractivity contribution is 0.0681. The highest BCUT2D eigenvalue weighted by atomic mass is 16.2. The van der Waals surface area contributed by atoms with Crippen LogP contribution in [0.15, 0.2) is 36.7 Å². The number of aryl methyl sites for hydroxylation is 1. The van der Waals surface area contributed by atoms with Crippen LogP contribution >= 0.6 is 0 Å². The first-order chi connectivity index (χ1) is 11.6. The number of rotatable bonds is 4.